The van der Waals surface area contributed by atoms with E-state index in [0.717, 1.165) is 21.3 Å². The van der Waals surface area contributed by atoms with Crippen LogP contribution in [0.15, 0.2) is 53.0 Å². The molecule has 0 aliphatic rings. The maximum absolute atomic E-state index is 11.8. The molecule has 7 heteroatoms. The van der Waals surface area contributed by atoms with Crippen LogP contribution >= 0.6 is 15.9 Å². The molecule has 0 atom stereocenters. The molecule has 0 saturated heterocycles. The van der Waals surface area contributed by atoms with Crippen molar-refractivity contribution in [2.45, 2.75) is 6.42 Å². The highest BCUT2D eigenvalue weighted by Crippen LogP contribution is 2.24. The lowest BCUT2D eigenvalue weighted by Crippen LogP contribution is -2.30. The molecule has 2 aromatic carbocycles. The summed E-state index contributed by atoms with van der Waals surface area (Å²) in [7, 11) is 3.16. The lowest BCUT2D eigenvalue weighted by molar-refractivity contribution is -0.143. The smallest absolute Gasteiger partial charge is 0.331 e. The van der Waals surface area contributed by atoms with Gasteiger partial charge in [-0.2, -0.15) is 0 Å². The summed E-state index contributed by atoms with van der Waals surface area (Å²) < 4.78 is 16.1. The second kappa shape index (κ2) is 11.1. The van der Waals surface area contributed by atoms with Crippen molar-refractivity contribution in [3.63, 3.8) is 0 Å². The quantitative estimate of drug-likeness (QED) is 0.471. The van der Waals surface area contributed by atoms with Gasteiger partial charge in [0.05, 0.1) is 14.2 Å². The van der Waals surface area contributed by atoms with E-state index in [-0.39, 0.29) is 12.5 Å². The van der Waals surface area contributed by atoms with Crippen LogP contribution < -0.4 is 14.8 Å². The van der Waals surface area contributed by atoms with Crippen LogP contribution in [0.3, 0.4) is 0 Å². The number of esters is 1. The number of hydrogen-bond acceptors (Lipinski definition) is 5. The van der Waals surface area contributed by atoms with E-state index in [1.807, 2.05) is 36.4 Å². The fraction of sp³-hybridized carbons (Fsp3) is 0.238. The average molecular weight is 448 g/mol. The van der Waals surface area contributed by atoms with Crippen LogP contribution in [0, 0.1) is 0 Å². The van der Waals surface area contributed by atoms with Gasteiger partial charge in [-0.1, -0.05) is 28.1 Å². The monoisotopic (exact) mass is 447 g/mol. The molecule has 148 valence electrons. The molecule has 2 aromatic rings. The van der Waals surface area contributed by atoms with E-state index in [2.05, 4.69) is 21.2 Å². The summed E-state index contributed by atoms with van der Waals surface area (Å²) in [6.45, 7) is 0.120. The van der Waals surface area contributed by atoms with Gasteiger partial charge in [0.2, 0.25) is 0 Å². The molecule has 0 radical (unpaired) electrons. The van der Waals surface area contributed by atoms with Gasteiger partial charge in [-0.3, -0.25) is 4.79 Å². The number of amides is 1. The molecule has 1 amide bonds. The van der Waals surface area contributed by atoms with Crippen LogP contribution in [-0.4, -0.2) is 39.2 Å². The zero-order valence-electron chi connectivity index (χ0n) is 15.7. The molecule has 0 fully saturated rings. The Labute approximate surface area is 172 Å². The number of halogens is 1. The Morgan fingerprint density at radius 3 is 2.50 bits per heavy atom. The first kappa shape index (κ1) is 21.5. The second-order valence-electron chi connectivity index (χ2n) is 5.78. The lowest BCUT2D eigenvalue weighted by Gasteiger charge is -2.07. The predicted molar refractivity (Wildman–Crippen MR) is 110 cm³/mol. The van der Waals surface area contributed by atoms with Crippen molar-refractivity contribution in [2.75, 3.05) is 27.4 Å². The molecule has 0 unspecified atom stereocenters. The van der Waals surface area contributed by atoms with Gasteiger partial charge >= 0.3 is 5.97 Å². The SMILES string of the molecule is COc1ccc(CCNC(=O)COC(=O)/C=C/c2cc(Br)ccc2OC)cc1. The maximum atomic E-state index is 11.8. The van der Waals surface area contributed by atoms with Crippen LogP contribution in [-0.2, 0) is 20.7 Å². The van der Waals surface area contributed by atoms with Gasteiger partial charge in [-0.25, -0.2) is 4.79 Å². The molecule has 0 heterocycles. The van der Waals surface area contributed by atoms with Crippen molar-refractivity contribution in [1.82, 2.24) is 5.32 Å². The number of nitrogens with one attached hydrogen (secondary N) is 1. The van der Waals surface area contributed by atoms with Crippen molar-refractivity contribution in [3.8, 4) is 11.5 Å². The van der Waals surface area contributed by atoms with Gasteiger partial charge in [0.15, 0.2) is 6.61 Å². The van der Waals surface area contributed by atoms with Gasteiger partial charge in [0.25, 0.3) is 5.91 Å². The topological polar surface area (TPSA) is 73.9 Å². The summed E-state index contributed by atoms with van der Waals surface area (Å²) in [6, 6.07) is 13.0. The van der Waals surface area contributed by atoms with E-state index in [1.165, 1.54) is 6.08 Å². The number of carbonyl (C=O) groups excluding carboxylic acids is 2. The first-order valence-corrected chi connectivity index (χ1v) is 9.39. The molecular formula is C21H22BrNO5. The molecule has 28 heavy (non-hydrogen) atoms. The van der Waals surface area contributed by atoms with E-state index >= 15 is 0 Å². The Kier molecular flexibility index (Phi) is 8.55. The minimum Gasteiger partial charge on any atom is -0.497 e. The van der Waals surface area contributed by atoms with Crippen molar-refractivity contribution in [1.29, 1.82) is 0 Å². The largest absolute Gasteiger partial charge is 0.497 e. The van der Waals surface area contributed by atoms with E-state index in [9.17, 15) is 9.59 Å². The minimum absolute atomic E-state index is 0.332. The van der Waals surface area contributed by atoms with E-state index in [1.54, 1.807) is 26.4 Å². The van der Waals surface area contributed by atoms with Crippen LogP contribution in [0.5, 0.6) is 11.5 Å². The maximum Gasteiger partial charge on any atom is 0.331 e. The predicted octanol–water partition coefficient (Wildman–Crippen LogP) is 3.38. The van der Waals surface area contributed by atoms with E-state index < -0.39 is 5.97 Å². The molecule has 1 N–H and O–H groups in total. The summed E-state index contributed by atoms with van der Waals surface area (Å²) in [5.74, 6) is 0.458. The summed E-state index contributed by atoms with van der Waals surface area (Å²) in [6.07, 6.45) is 3.51. The second-order valence-corrected chi connectivity index (χ2v) is 6.69. The van der Waals surface area contributed by atoms with Crippen LogP contribution in [0.4, 0.5) is 0 Å². The summed E-state index contributed by atoms with van der Waals surface area (Å²) in [4.78, 5) is 23.6. The normalized spacial score (nSPS) is 10.5. The van der Waals surface area contributed by atoms with Gasteiger partial charge in [0.1, 0.15) is 11.5 Å². The van der Waals surface area contributed by atoms with Crippen LogP contribution in [0.2, 0.25) is 0 Å². The molecule has 6 nitrogen and oxygen atoms in total. The summed E-state index contributed by atoms with van der Waals surface area (Å²) in [5, 5.41) is 2.72. The zero-order chi connectivity index (χ0) is 20.4. The highest BCUT2D eigenvalue weighted by atomic mass is 79.9. The van der Waals surface area contributed by atoms with Crippen LogP contribution in [0.25, 0.3) is 6.08 Å². The standard InChI is InChI=1S/C21H22BrNO5/c1-26-18-7-3-15(4-8-18)11-12-23-20(24)14-28-21(25)10-5-16-13-17(22)6-9-19(16)27-2/h3-10,13H,11-12,14H2,1-2H3,(H,23,24)/b10-5+. The average Bonchev–Trinajstić information content (AvgIpc) is 2.71. The molecular weight excluding hydrogens is 426 g/mol. The third-order valence-electron chi connectivity index (χ3n) is 3.83. The molecule has 0 aliphatic heterocycles. The van der Waals surface area contributed by atoms with Crippen molar-refractivity contribution < 1.29 is 23.8 Å². The molecule has 0 aliphatic carbocycles. The molecule has 0 aromatic heterocycles. The van der Waals surface area contributed by atoms with Gasteiger partial charge in [0, 0.05) is 22.7 Å². The number of methoxy groups -OCH3 is 2. The summed E-state index contributed by atoms with van der Waals surface area (Å²) >= 11 is 3.37. The summed E-state index contributed by atoms with van der Waals surface area (Å²) in [5.41, 5.74) is 1.79. The van der Waals surface area contributed by atoms with Crippen molar-refractivity contribution in [3.05, 3.63) is 64.1 Å². The molecule has 0 bridgehead atoms. The number of hydrogen-bond donors (Lipinski definition) is 1. The first-order valence-electron chi connectivity index (χ1n) is 8.60. The Hall–Kier alpha value is -2.80. The third-order valence-corrected chi connectivity index (χ3v) is 4.32. The van der Waals surface area contributed by atoms with Gasteiger partial charge in [-0.05, 0) is 48.4 Å². The van der Waals surface area contributed by atoms with Gasteiger partial charge < -0.3 is 19.5 Å². The van der Waals surface area contributed by atoms with E-state index in [4.69, 9.17) is 14.2 Å². The molecule has 0 spiro atoms. The fourth-order valence-corrected chi connectivity index (χ4v) is 2.75. The van der Waals surface area contributed by atoms with Crippen LogP contribution in [0.1, 0.15) is 11.1 Å². The van der Waals surface area contributed by atoms with Gasteiger partial charge in [-0.15, -0.1) is 0 Å². The fourth-order valence-electron chi connectivity index (χ4n) is 2.37. The number of ether oxygens (including phenoxy) is 3. The lowest BCUT2D eigenvalue weighted by atomic mass is 10.1. The highest BCUT2D eigenvalue weighted by Gasteiger charge is 2.06. The molecule has 0 saturated carbocycles. The van der Waals surface area contributed by atoms with E-state index in [0.29, 0.717) is 18.7 Å². The third kappa shape index (κ3) is 7.08. The Morgan fingerprint density at radius 1 is 1.07 bits per heavy atom. The highest BCUT2D eigenvalue weighted by molar-refractivity contribution is 9.10. The Bertz CT molecular complexity index is 833. The first-order chi connectivity index (χ1) is 13.5. The minimum atomic E-state index is -0.604. The zero-order valence-corrected chi connectivity index (χ0v) is 17.3. The Morgan fingerprint density at radius 2 is 1.82 bits per heavy atom. The van der Waals surface area contributed by atoms with Crippen molar-refractivity contribution in [2.24, 2.45) is 0 Å². The number of carbonyl (C=O) groups is 2. The Balaban J connectivity index is 1.73. The number of benzene rings is 2. The molecule has 2 rings (SSSR count). The van der Waals surface area contributed by atoms with Crippen molar-refractivity contribution >= 4 is 33.9 Å². The number of rotatable bonds is 9.